The number of halogens is 2. The number of hydrogen-bond acceptors (Lipinski definition) is 3. The maximum atomic E-state index is 12.5. The first-order valence-electron chi connectivity index (χ1n) is 7.18. The van der Waals surface area contributed by atoms with Gasteiger partial charge in [-0.25, -0.2) is 10.2 Å². The highest BCUT2D eigenvalue weighted by Gasteiger charge is 2.12. The Balaban J connectivity index is 2.10. The second-order valence-electron chi connectivity index (χ2n) is 5.01. The van der Waals surface area contributed by atoms with Gasteiger partial charge in [-0.1, -0.05) is 29.8 Å². The van der Waals surface area contributed by atoms with Crippen LogP contribution >= 0.6 is 0 Å². The number of hydrogen-bond donors (Lipinski definition) is 2. The molecule has 7 heteroatoms. The van der Waals surface area contributed by atoms with Gasteiger partial charge in [0.1, 0.15) is 5.75 Å². The fourth-order valence-corrected chi connectivity index (χ4v) is 2.00. The molecular formula is C17H17F2N3O2. The Labute approximate surface area is 138 Å². The number of alkyl halides is 2. The second kappa shape index (κ2) is 8.05. The molecule has 0 aliphatic carbocycles. The number of aryl methyl sites for hydroxylation is 1. The van der Waals surface area contributed by atoms with Crippen LogP contribution in [0.15, 0.2) is 53.6 Å². The number of urea groups is 1. The molecular weight excluding hydrogens is 316 g/mol. The summed E-state index contributed by atoms with van der Waals surface area (Å²) in [5, 5.41) is 6.53. The summed E-state index contributed by atoms with van der Waals surface area (Å²) >= 11 is 0. The lowest BCUT2D eigenvalue weighted by atomic mass is 10.1. The first-order valence-corrected chi connectivity index (χ1v) is 7.18. The molecule has 2 aromatic carbocycles. The number of nitrogens with one attached hydrogen (secondary N) is 2. The van der Waals surface area contributed by atoms with Gasteiger partial charge in [0.15, 0.2) is 0 Å². The number of anilines is 1. The third-order valence-electron chi connectivity index (χ3n) is 3.10. The number of rotatable bonds is 5. The molecule has 126 valence electrons. The number of amides is 2. The van der Waals surface area contributed by atoms with Crippen molar-refractivity contribution < 1.29 is 18.3 Å². The van der Waals surface area contributed by atoms with Gasteiger partial charge in [-0.15, -0.1) is 0 Å². The van der Waals surface area contributed by atoms with Crippen molar-refractivity contribution in [3.63, 3.8) is 0 Å². The SMILES string of the molecule is C/C(=N/NC(=O)Nc1ccccc1)c1cc(C)ccc1OC(F)F. The lowest BCUT2D eigenvalue weighted by molar-refractivity contribution is -0.0499. The molecule has 2 rings (SSSR count). The van der Waals surface area contributed by atoms with E-state index < -0.39 is 12.6 Å². The fraction of sp³-hybridized carbons (Fsp3) is 0.176. The van der Waals surface area contributed by atoms with Crippen LogP contribution in [0, 0.1) is 6.92 Å². The van der Waals surface area contributed by atoms with Gasteiger partial charge in [-0.05, 0) is 38.1 Å². The van der Waals surface area contributed by atoms with E-state index in [1.807, 2.05) is 13.0 Å². The first-order chi connectivity index (χ1) is 11.5. The topological polar surface area (TPSA) is 62.7 Å². The highest BCUT2D eigenvalue weighted by atomic mass is 19.3. The zero-order valence-corrected chi connectivity index (χ0v) is 13.2. The molecule has 24 heavy (non-hydrogen) atoms. The van der Waals surface area contributed by atoms with Crippen molar-refractivity contribution in [3.8, 4) is 5.75 Å². The van der Waals surface area contributed by atoms with Crippen molar-refractivity contribution in [3.05, 3.63) is 59.7 Å². The minimum Gasteiger partial charge on any atom is -0.434 e. The molecule has 0 spiro atoms. The summed E-state index contributed by atoms with van der Waals surface area (Å²) in [5.41, 5.74) is 4.52. The summed E-state index contributed by atoms with van der Waals surface area (Å²) in [6.07, 6.45) is 0. The number of carbonyl (C=O) groups is 1. The Morgan fingerprint density at radius 1 is 1.17 bits per heavy atom. The summed E-state index contributed by atoms with van der Waals surface area (Å²) < 4.78 is 29.4. The molecule has 0 unspecified atom stereocenters. The van der Waals surface area contributed by atoms with Gasteiger partial charge >= 0.3 is 12.6 Å². The average Bonchev–Trinajstić information content (AvgIpc) is 2.55. The monoisotopic (exact) mass is 333 g/mol. The molecule has 0 radical (unpaired) electrons. The number of hydrazone groups is 1. The molecule has 0 aliphatic heterocycles. The molecule has 0 saturated heterocycles. The first kappa shape index (κ1) is 17.4. The Kier molecular flexibility index (Phi) is 5.83. The molecule has 0 fully saturated rings. The minimum absolute atomic E-state index is 0.00196. The van der Waals surface area contributed by atoms with Crippen molar-refractivity contribution in [2.24, 2.45) is 5.10 Å². The van der Waals surface area contributed by atoms with Crippen molar-refractivity contribution in [1.29, 1.82) is 0 Å². The molecule has 0 bridgehead atoms. The predicted molar refractivity (Wildman–Crippen MR) is 88.6 cm³/mol. The zero-order chi connectivity index (χ0) is 17.5. The van der Waals surface area contributed by atoms with E-state index in [1.54, 1.807) is 43.3 Å². The van der Waals surface area contributed by atoms with Gasteiger partial charge in [0, 0.05) is 11.3 Å². The van der Waals surface area contributed by atoms with Crippen molar-refractivity contribution in [2.75, 3.05) is 5.32 Å². The van der Waals surface area contributed by atoms with Crippen LogP contribution in [0.5, 0.6) is 5.75 Å². The third kappa shape index (κ3) is 5.05. The number of benzene rings is 2. The minimum atomic E-state index is -2.94. The van der Waals surface area contributed by atoms with E-state index in [9.17, 15) is 13.6 Å². The Morgan fingerprint density at radius 2 is 1.88 bits per heavy atom. The predicted octanol–water partition coefficient (Wildman–Crippen LogP) is 4.14. The van der Waals surface area contributed by atoms with Crippen LogP contribution in [0.1, 0.15) is 18.1 Å². The Hall–Kier alpha value is -2.96. The van der Waals surface area contributed by atoms with E-state index in [1.165, 1.54) is 6.07 Å². The normalized spacial score (nSPS) is 11.3. The van der Waals surface area contributed by atoms with E-state index in [0.29, 0.717) is 17.0 Å². The average molecular weight is 333 g/mol. The largest absolute Gasteiger partial charge is 0.434 e. The molecule has 2 amide bonds. The van der Waals surface area contributed by atoms with Gasteiger partial charge < -0.3 is 10.1 Å². The fourth-order valence-electron chi connectivity index (χ4n) is 2.00. The van der Waals surface area contributed by atoms with Gasteiger partial charge in [0.25, 0.3) is 0 Å². The highest BCUT2D eigenvalue weighted by molar-refractivity contribution is 6.02. The van der Waals surface area contributed by atoms with E-state index in [-0.39, 0.29) is 5.75 Å². The number of ether oxygens (including phenoxy) is 1. The number of nitrogens with zero attached hydrogens (tertiary/aromatic N) is 1. The highest BCUT2D eigenvalue weighted by Crippen LogP contribution is 2.22. The maximum Gasteiger partial charge on any atom is 0.387 e. The molecule has 0 aromatic heterocycles. The molecule has 0 atom stereocenters. The van der Waals surface area contributed by atoms with Crippen LogP contribution in [0.3, 0.4) is 0 Å². The molecule has 2 aromatic rings. The quantitative estimate of drug-likeness (QED) is 0.638. The van der Waals surface area contributed by atoms with Crippen LogP contribution in [0.4, 0.5) is 19.3 Å². The van der Waals surface area contributed by atoms with Crippen molar-refractivity contribution in [1.82, 2.24) is 5.43 Å². The molecule has 5 nitrogen and oxygen atoms in total. The summed E-state index contributed by atoms with van der Waals surface area (Å²) in [5.74, 6) is 0.00196. The maximum absolute atomic E-state index is 12.5. The van der Waals surface area contributed by atoms with Crippen LogP contribution in [0.2, 0.25) is 0 Å². The van der Waals surface area contributed by atoms with Gasteiger partial charge in [-0.2, -0.15) is 13.9 Å². The lowest BCUT2D eigenvalue weighted by Crippen LogP contribution is -2.25. The lowest BCUT2D eigenvalue weighted by Gasteiger charge is -2.11. The summed E-state index contributed by atoms with van der Waals surface area (Å²) in [6, 6.07) is 13.1. The Morgan fingerprint density at radius 3 is 2.54 bits per heavy atom. The smallest absolute Gasteiger partial charge is 0.387 e. The standard InChI is InChI=1S/C17H17F2N3O2/c1-11-8-9-15(24-16(18)19)14(10-11)12(2)21-22-17(23)20-13-6-4-3-5-7-13/h3-10,16H,1-2H3,(H2,20,22,23)/b21-12-. The van der Waals surface area contributed by atoms with Crippen LogP contribution in [-0.2, 0) is 0 Å². The van der Waals surface area contributed by atoms with Gasteiger partial charge in [0.2, 0.25) is 0 Å². The zero-order valence-electron chi connectivity index (χ0n) is 13.2. The van der Waals surface area contributed by atoms with Crippen molar-refractivity contribution >= 4 is 17.4 Å². The summed E-state index contributed by atoms with van der Waals surface area (Å²) in [7, 11) is 0. The second-order valence-corrected chi connectivity index (χ2v) is 5.01. The van der Waals surface area contributed by atoms with E-state index in [4.69, 9.17) is 0 Å². The van der Waals surface area contributed by atoms with E-state index in [2.05, 4.69) is 20.6 Å². The molecule has 2 N–H and O–H groups in total. The third-order valence-corrected chi connectivity index (χ3v) is 3.10. The van der Waals surface area contributed by atoms with Crippen LogP contribution < -0.4 is 15.5 Å². The van der Waals surface area contributed by atoms with E-state index >= 15 is 0 Å². The molecule has 0 heterocycles. The van der Waals surface area contributed by atoms with Gasteiger partial charge in [0.05, 0.1) is 5.71 Å². The molecule has 0 saturated carbocycles. The Bertz CT molecular complexity index is 734. The van der Waals surface area contributed by atoms with Crippen LogP contribution in [-0.4, -0.2) is 18.4 Å². The van der Waals surface area contributed by atoms with E-state index in [0.717, 1.165) is 5.56 Å². The van der Waals surface area contributed by atoms with Gasteiger partial charge in [-0.3, -0.25) is 0 Å². The summed E-state index contributed by atoms with van der Waals surface area (Å²) in [6.45, 7) is 0.475. The summed E-state index contributed by atoms with van der Waals surface area (Å²) in [4.78, 5) is 11.8. The van der Waals surface area contributed by atoms with Crippen LogP contribution in [0.25, 0.3) is 0 Å². The number of para-hydroxylation sites is 1. The number of carbonyl (C=O) groups excluding carboxylic acids is 1. The molecule has 0 aliphatic rings. The van der Waals surface area contributed by atoms with Crippen molar-refractivity contribution in [2.45, 2.75) is 20.5 Å².